The van der Waals surface area contributed by atoms with E-state index in [1.54, 1.807) is 31.5 Å². The summed E-state index contributed by atoms with van der Waals surface area (Å²) < 4.78 is 5.08. The monoisotopic (exact) mass is 269 g/mol. The zero-order chi connectivity index (χ0) is 14.4. The van der Waals surface area contributed by atoms with E-state index >= 15 is 0 Å². The molecular formula is C16H15NO3. The summed E-state index contributed by atoms with van der Waals surface area (Å²) in [4.78, 5) is 15.3. The second kappa shape index (κ2) is 6.52. The fourth-order valence-electron chi connectivity index (χ4n) is 1.81. The van der Waals surface area contributed by atoms with E-state index in [1.165, 1.54) is 0 Å². The number of carboxylic acids is 1. The van der Waals surface area contributed by atoms with Gasteiger partial charge in [-0.05, 0) is 41.5 Å². The molecule has 0 unspecified atom stereocenters. The first-order valence-corrected chi connectivity index (χ1v) is 6.16. The summed E-state index contributed by atoms with van der Waals surface area (Å²) in [5.74, 6) is -0.140. The van der Waals surface area contributed by atoms with Crippen LogP contribution < -0.4 is 4.74 Å². The molecule has 0 atom stereocenters. The summed E-state index contributed by atoms with van der Waals surface area (Å²) in [7, 11) is 1.62. The third-order valence-electron chi connectivity index (χ3n) is 2.87. The fraction of sp³-hybridized carbons (Fsp3) is 0.125. The first kappa shape index (κ1) is 13.8. The van der Waals surface area contributed by atoms with Gasteiger partial charge >= 0.3 is 5.97 Å². The van der Waals surface area contributed by atoms with Gasteiger partial charge in [-0.15, -0.1) is 0 Å². The van der Waals surface area contributed by atoms with Crippen molar-refractivity contribution in [3.63, 3.8) is 0 Å². The van der Waals surface area contributed by atoms with Crippen molar-refractivity contribution >= 4 is 12.2 Å². The molecule has 2 rings (SSSR count). The van der Waals surface area contributed by atoms with Crippen LogP contribution in [0.15, 0.2) is 53.5 Å². The zero-order valence-electron chi connectivity index (χ0n) is 11.1. The maximum Gasteiger partial charge on any atom is 0.336 e. The number of hydrogen-bond acceptors (Lipinski definition) is 3. The quantitative estimate of drug-likeness (QED) is 0.849. The standard InChI is InChI=1S/C16H15NO3/c1-20-14-8-6-12(7-9-14)10-17-11-13-4-2-3-5-15(13)16(18)19/h2-10H,11H2,1H3,(H,18,19). The number of rotatable bonds is 5. The SMILES string of the molecule is COc1ccc(C=NCc2ccccc2C(=O)O)cc1. The highest BCUT2D eigenvalue weighted by Gasteiger charge is 2.07. The van der Waals surface area contributed by atoms with Crippen LogP contribution in [0.1, 0.15) is 21.5 Å². The van der Waals surface area contributed by atoms with Crippen LogP contribution in [0.4, 0.5) is 0 Å². The van der Waals surface area contributed by atoms with Crippen LogP contribution in [-0.4, -0.2) is 24.4 Å². The zero-order valence-corrected chi connectivity index (χ0v) is 11.1. The van der Waals surface area contributed by atoms with Crippen LogP contribution in [0.25, 0.3) is 0 Å². The Balaban J connectivity index is 2.08. The fourth-order valence-corrected chi connectivity index (χ4v) is 1.81. The molecule has 0 heterocycles. The third-order valence-corrected chi connectivity index (χ3v) is 2.87. The number of ether oxygens (including phenoxy) is 1. The molecule has 2 aromatic carbocycles. The van der Waals surface area contributed by atoms with E-state index in [0.717, 1.165) is 11.3 Å². The molecule has 1 N–H and O–H groups in total. The third kappa shape index (κ3) is 3.45. The summed E-state index contributed by atoms with van der Waals surface area (Å²) in [6.07, 6.45) is 1.72. The predicted octanol–water partition coefficient (Wildman–Crippen LogP) is 3.01. The summed E-state index contributed by atoms with van der Waals surface area (Å²) in [5, 5.41) is 9.07. The van der Waals surface area contributed by atoms with Crippen LogP contribution in [0.5, 0.6) is 5.75 Å². The average molecular weight is 269 g/mol. The molecular weight excluding hydrogens is 254 g/mol. The van der Waals surface area contributed by atoms with E-state index in [2.05, 4.69) is 4.99 Å². The molecule has 4 heteroatoms. The maximum atomic E-state index is 11.1. The number of nitrogens with zero attached hydrogens (tertiary/aromatic N) is 1. The van der Waals surface area contributed by atoms with Crippen LogP contribution in [0.3, 0.4) is 0 Å². The Morgan fingerprint density at radius 2 is 1.90 bits per heavy atom. The Bertz CT molecular complexity index is 618. The minimum absolute atomic E-state index is 0.291. The van der Waals surface area contributed by atoms with Gasteiger partial charge in [-0.1, -0.05) is 18.2 Å². The van der Waals surface area contributed by atoms with E-state index in [-0.39, 0.29) is 0 Å². The predicted molar refractivity (Wildman–Crippen MR) is 77.7 cm³/mol. The van der Waals surface area contributed by atoms with Gasteiger partial charge in [-0.3, -0.25) is 4.99 Å². The number of benzene rings is 2. The van der Waals surface area contributed by atoms with Crippen LogP contribution in [0, 0.1) is 0 Å². The lowest BCUT2D eigenvalue weighted by atomic mass is 10.1. The number of aromatic carboxylic acids is 1. The minimum atomic E-state index is -0.930. The van der Waals surface area contributed by atoms with Crippen molar-refractivity contribution in [3.05, 3.63) is 65.2 Å². The Morgan fingerprint density at radius 3 is 2.55 bits per heavy atom. The largest absolute Gasteiger partial charge is 0.497 e. The first-order chi connectivity index (χ1) is 9.70. The van der Waals surface area contributed by atoms with Gasteiger partial charge in [0.2, 0.25) is 0 Å². The molecule has 0 radical (unpaired) electrons. The summed E-state index contributed by atoms with van der Waals surface area (Å²) >= 11 is 0. The lowest BCUT2D eigenvalue weighted by Gasteiger charge is -2.02. The number of hydrogen-bond donors (Lipinski definition) is 1. The van der Waals surface area contributed by atoms with Gasteiger partial charge in [0.25, 0.3) is 0 Å². The van der Waals surface area contributed by atoms with Gasteiger partial charge in [-0.25, -0.2) is 4.79 Å². The van der Waals surface area contributed by atoms with Crippen molar-refractivity contribution in [3.8, 4) is 5.75 Å². The topological polar surface area (TPSA) is 58.9 Å². The highest BCUT2D eigenvalue weighted by atomic mass is 16.5. The van der Waals surface area contributed by atoms with E-state index < -0.39 is 5.97 Å². The summed E-state index contributed by atoms with van der Waals surface area (Å²) in [6.45, 7) is 0.342. The molecule has 0 bridgehead atoms. The molecule has 0 spiro atoms. The summed E-state index contributed by atoms with van der Waals surface area (Å²) in [6, 6.07) is 14.4. The van der Waals surface area contributed by atoms with Gasteiger partial charge in [0.05, 0.1) is 19.2 Å². The van der Waals surface area contributed by atoms with E-state index in [0.29, 0.717) is 17.7 Å². The van der Waals surface area contributed by atoms with E-state index in [1.807, 2.05) is 30.3 Å². The molecule has 0 saturated carbocycles. The lowest BCUT2D eigenvalue weighted by Crippen LogP contribution is -2.01. The molecule has 0 saturated heterocycles. The molecule has 4 nitrogen and oxygen atoms in total. The van der Waals surface area contributed by atoms with Gasteiger partial charge in [-0.2, -0.15) is 0 Å². The lowest BCUT2D eigenvalue weighted by molar-refractivity contribution is 0.0695. The van der Waals surface area contributed by atoms with Crippen molar-refractivity contribution in [1.82, 2.24) is 0 Å². The van der Waals surface area contributed by atoms with Crippen molar-refractivity contribution in [2.45, 2.75) is 6.54 Å². The molecule has 20 heavy (non-hydrogen) atoms. The number of aliphatic imine (C=N–C) groups is 1. The van der Waals surface area contributed by atoms with Crippen molar-refractivity contribution in [1.29, 1.82) is 0 Å². The maximum absolute atomic E-state index is 11.1. The second-order valence-electron chi connectivity index (χ2n) is 4.21. The normalized spacial score (nSPS) is 10.7. The van der Waals surface area contributed by atoms with Gasteiger partial charge in [0.15, 0.2) is 0 Å². The Labute approximate surface area is 117 Å². The van der Waals surface area contributed by atoms with Crippen molar-refractivity contribution in [2.75, 3.05) is 7.11 Å². The van der Waals surface area contributed by atoms with Crippen molar-refractivity contribution < 1.29 is 14.6 Å². The Morgan fingerprint density at radius 1 is 1.20 bits per heavy atom. The van der Waals surface area contributed by atoms with E-state index in [9.17, 15) is 4.79 Å². The Kier molecular flexibility index (Phi) is 4.50. The first-order valence-electron chi connectivity index (χ1n) is 6.16. The number of carbonyl (C=O) groups is 1. The smallest absolute Gasteiger partial charge is 0.336 e. The molecule has 102 valence electrons. The Hall–Kier alpha value is -2.62. The molecule has 0 aliphatic rings. The average Bonchev–Trinajstić information content (AvgIpc) is 2.48. The van der Waals surface area contributed by atoms with Crippen molar-refractivity contribution in [2.24, 2.45) is 4.99 Å². The van der Waals surface area contributed by atoms with Crippen LogP contribution >= 0.6 is 0 Å². The minimum Gasteiger partial charge on any atom is -0.497 e. The number of methoxy groups -OCH3 is 1. The summed E-state index contributed by atoms with van der Waals surface area (Å²) in [5.41, 5.74) is 1.93. The van der Waals surface area contributed by atoms with Gasteiger partial charge in [0.1, 0.15) is 5.75 Å². The molecule has 0 fully saturated rings. The van der Waals surface area contributed by atoms with Crippen LogP contribution in [0.2, 0.25) is 0 Å². The number of carboxylic acid groups (broad SMARTS) is 1. The van der Waals surface area contributed by atoms with Gasteiger partial charge in [0, 0.05) is 6.21 Å². The molecule has 2 aromatic rings. The molecule has 0 aromatic heterocycles. The molecule has 0 amide bonds. The molecule has 0 aliphatic carbocycles. The van der Waals surface area contributed by atoms with Gasteiger partial charge < -0.3 is 9.84 Å². The highest BCUT2D eigenvalue weighted by molar-refractivity contribution is 5.89. The second-order valence-corrected chi connectivity index (χ2v) is 4.21. The van der Waals surface area contributed by atoms with E-state index in [4.69, 9.17) is 9.84 Å². The molecule has 0 aliphatic heterocycles. The highest BCUT2D eigenvalue weighted by Crippen LogP contribution is 2.12. The van der Waals surface area contributed by atoms with Crippen LogP contribution in [-0.2, 0) is 6.54 Å².